The van der Waals surface area contributed by atoms with E-state index in [1.807, 2.05) is 42.5 Å². The van der Waals surface area contributed by atoms with Crippen molar-refractivity contribution in [3.63, 3.8) is 0 Å². The number of aryl methyl sites for hydroxylation is 1. The summed E-state index contributed by atoms with van der Waals surface area (Å²) in [5.74, 6) is -0.213. The lowest BCUT2D eigenvalue weighted by Crippen LogP contribution is -2.15. The van der Waals surface area contributed by atoms with Crippen LogP contribution in [0.3, 0.4) is 0 Å². The fourth-order valence-electron chi connectivity index (χ4n) is 3.81. The van der Waals surface area contributed by atoms with Crippen LogP contribution in [-0.4, -0.2) is 30.7 Å². The third kappa shape index (κ3) is 2.84. The molecule has 0 bridgehead atoms. The SMILES string of the molecule is CCn1c2ccccc2c2cc(NC(=O)c3ccccc3-n3cnnn3)ccc21. The molecule has 0 atom stereocenters. The van der Waals surface area contributed by atoms with Gasteiger partial charge >= 0.3 is 0 Å². The molecule has 0 radical (unpaired) electrons. The van der Waals surface area contributed by atoms with Crippen molar-refractivity contribution in [3.05, 3.63) is 78.6 Å². The van der Waals surface area contributed by atoms with E-state index in [9.17, 15) is 4.79 Å². The Kier molecular flexibility index (Phi) is 4.05. The maximum absolute atomic E-state index is 13.0. The zero-order valence-corrected chi connectivity index (χ0v) is 15.8. The van der Waals surface area contributed by atoms with Gasteiger partial charge < -0.3 is 9.88 Å². The number of hydrogen-bond acceptors (Lipinski definition) is 4. The van der Waals surface area contributed by atoms with Gasteiger partial charge in [0.1, 0.15) is 6.33 Å². The molecule has 0 aliphatic rings. The first-order chi connectivity index (χ1) is 14.3. The number of carbonyl (C=O) groups is 1. The average molecular weight is 382 g/mol. The molecular formula is C22H18N6O. The minimum absolute atomic E-state index is 0.213. The second kappa shape index (κ2) is 6.87. The Morgan fingerprint density at radius 2 is 1.76 bits per heavy atom. The summed E-state index contributed by atoms with van der Waals surface area (Å²) in [5.41, 5.74) is 4.21. The third-order valence-electron chi connectivity index (χ3n) is 5.09. The molecule has 0 saturated heterocycles. The van der Waals surface area contributed by atoms with Crippen LogP contribution in [0.25, 0.3) is 27.5 Å². The Hall–Kier alpha value is -4.00. The molecule has 0 fully saturated rings. The van der Waals surface area contributed by atoms with Gasteiger partial charge in [0.25, 0.3) is 5.91 Å². The minimum Gasteiger partial charge on any atom is -0.341 e. The van der Waals surface area contributed by atoms with Crippen molar-refractivity contribution in [1.29, 1.82) is 0 Å². The predicted octanol–water partition coefficient (Wildman–Crippen LogP) is 4.04. The Morgan fingerprint density at radius 3 is 2.59 bits per heavy atom. The van der Waals surface area contributed by atoms with Gasteiger partial charge in [-0.1, -0.05) is 30.3 Å². The summed E-state index contributed by atoms with van der Waals surface area (Å²) in [5, 5.41) is 16.5. The smallest absolute Gasteiger partial charge is 0.257 e. The summed E-state index contributed by atoms with van der Waals surface area (Å²) in [7, 11) is 0. The van der Waals surface area contributed by atoms with E-state index in [1.54, 1.807) is 6.07 Å². The molecule has 0 unspecified atom stereocenters. The molecule has 5 rings (SSSR count). The molecule has 0 spiro atoms. The molecule has 7 nitrogen and oxygen atoms in total. The third-order valence-corrected chi connectivity index (χ3v) is 5.09. The van der Waals surface area contributed by atoms with E-state index < -0.39 is 0 Å². The molecule has 29 heavy (non-hydrogen) atoms. The quantitative estimate of drug-likeness (QED) is 0.509. The van der Waals surface area contributed by atoms with Gasteiger partial charge in [-0.3, -0.25) is 4.79 Å². The van der Waals surface area contributed by atoms with Crippen molar-refractivity contribution >= 4 is 33.4 Å². The van der Waals surface area contributed by atoms with Crippen molar-refractivity contribution in [3.8, 4) is 5.69 Å². The van der Waals surface area contributed by atoms with Crippen molar-refractivity contribution in [2.24, 2.45) is 0 Å². The Bertz CT molecular complexity index is 1340. The monoisotopic (exact) mass is 382 g/mol. The van der Waals surface area contributed by atoms with Crippen LogP contribution in [0, 0.1) is 0 Å². The Morgan fingerprint density at radius 1 is 0.966 bits per heavy atom. The second-order valence-electron chi connectivity index (χ2n) is 6.72. The zero-order valence-electron chi connectivity index (χ0n) is 15.8. The number of tetrazole rings is 1. The summed E-state index contributed by atoms with van der Waals surface area (Å²) in [6.07, 6.45) is 1.47. The first-order valence-electron chi connectivity index (χ1n) is 9.41. The average Bonchev–Trinajstić information content (AvgIpc) is 3.40. The maximum Gasteiger partial charge on any atom is 0.257 e. The number of nitrogens with zero attached hydrogens (tertiary/aromatic N) is 5. The number of aromatic nitrogens is 5. The molecule has 5 aromatic rings. The molecule has 2 aromatic heterocycles. The van der Waals surface area contributed by atoms with Crippen LogP contribution in [0.4, 0.5) is 5.69 Å². The summed E-state index contributed by atoms with van der Waals surface area (Å²) in [6, 6.07) is 21.6. The molecule has 1 amide bonds. The molecule has 7 heteroatoms. The Balaban J connectivity index is 1.55. The lowest BCUT2D eigenvalue weighted by molar-refractivity contribution is 0.102. The minimum atomic E-state index is -0.213. The van der Waals surface area contributed by atoms with Crippen LogP contribution in [0.2, 0.25) is 0 Å². The van der Waals surface area contributed by atoms with Crippen LogP contribution in [0.1, 0.15) is 17.3 Å². The highest BCUT2D eigenvalue weighted by atomic mass is 16.1. The van der Waals surface area contributed by atoms with Gasteiger partial charge in [0, 0.05) is 34.0 Å². The predicted molar refractivity (Wildman–Crippen MR) is 112 cm³/mol. The van der Waals surface area contributed by atoms with Crippen molar-refractivity contribution in [1.82, 2.24) is 24.8 Å². The highest BCUT2D eigenvalue weighted by molar-refractivity contribution is 6.11. The summed E-state index contributed by atoms with van der Waals surface area (Å²) in [6.45, 7) is 3.02. The normalized spacial score (nSPS) is 11.2. The van der Waals surface area contributed by atoms with Crippen LogP contribution < -0.4 is 5.32 Å². The van der Waals surface area contributed by atoms with Crippen LogP contribution >= 0.6 is 0 Å². The number of benzene rings is 3. The largest absolute Gasteiger partial charge is 0.341 e. The molecule has 3 aromatic carbocycles. The summed E-state index contributed by atoms with van der Waals surface area (Å²) < 4.78 is 3.76. The molecular weight excluding hydrogens is 364 g/mol. The topological polar surface area (TPSA) is 77.6 Å². The number of nitrogens with one attached hydrogen (secondary N) is 1. The highest BCUT2D eigenvalue weighted by Gasteiger charge is 2.15. The zero-order chi connectivity index (χ0) is 19.8. The molecule has 1 N–H and O–H groups in total. The fourth-order valence-corrected chi connectivity index (χ4v) is 3.81. The van der Waals surface area contributed by atoms with E-state index in [1.165, 1.54) is 21.9 Å². The van der Waals surface area contributed by atoms with Gasteiger partial charge in [0.2, 0.25) is 0 Å². The van der Waals surface area contributed by atoms with Gasteiger partial charge in [0.15, 0.2) is 0 Å². The van der Waals surface area contributed by atoms with Crippen LogP contribution in [0.15, 0.2) is 73.1 Å². The van der Waals surface area contributed by atoms with E-state index in [2.05, 4.69) is 50.5 Å². The van der Waals surface area contributed by atoms with E-state index in [-0.39, 0.29) is 5.91 Å². The molecule has 0 aliphatic carbocycles. The number of para-hydroxylation sites is 2. The van der Waals surface area contributed by atoms with Gasteiger partial charge in [-0.2, -0.15) is 4.68 Å². The number of rotatable bonds is 4. The van der Waals surface area contributed by atoms with Gasteiger partial charge in [0.05, 0.1) is 11.3 Å². The number of fused-ring (bicyclic) bond motifs is 3. The molecule has 2 heterocycles. The van der Waals surface area contributed by atoms with Crippen molar-refractivity contribution in [2.45, 2.75) is 13.5 Å². The molecule has 142 valence electrons. The number of anilines is 1. The first kappa shape index (κ1) is 17.1. The molecule has 0 saturated carbocycles. The lowest BCUT2D eigenvalue weighted by Gasteiger charge is -2.10. The van der Waals surface area contributed by atoms with Gasteiger partial charge in [-0.05, 0) is 53.7 Å². The van der Waals surface area contributed by atoms with Crippen molar-refractivity contribution < 1.29 is 4.79 Å². The molecule has 0 aliphatic heterocycles. The standard InChI is InChI=1S/C22H18N6O/c1-2-27-19-9-5-3-7-16(19)18-13-15(11-12-20(18)27)24-22(29)17-8-4-6-10-21(17)28-14-23-25-26-28/h3-14H,2H2,1H3,(H,24,29). The maximum atomic E-state index is 13.0. The van der Waals surface area contributed by atoms with E-state index in [0.717, 1.165) is 23.1 Å². The summed E-state index contributed by atoms with van der Waals surface area (Å²) >= 11 is 0. The van der Waals surface area contributed by atoms with Gasteiger partial charge in [-0.25, -0.2) is 0 Å². The number of carbonyl (C=O) groups excluding carboxylic acids is 1. The van der Waals surface area contributed by atoms with Crippen molar-refractivity contribution in [2.75, 3.05) is 5.32 Å². The summed E-state index contributed by atoms with van der Waals surface area (Å²) in [4.78, 5) is 13.0. The number of hydrogen-bond donors (Lipinski definition) is 1. The second-order valence-corrected chi connectivity index (χ2v) is 6.72. The van der Waals surface area contributed by atoms with E-state index >= 15 is 0 Å². The van der Waals surface area contributed by atoms with Crippen LogP contribution in [0.5, 0.6) is 0 Å². The van der Waals surface area contributed by atoms with Crippen LogP contribution in [-0.2, 0) is 6.54 Å². The van der Waals surface area contributed by atoms with E-state index in [4.69, 9.17) is 0 Å². The fraction of sp³-hybridized carbons (Fsp3) is 0.0909. The first-order valence-corrected chi connectivity index (χ1v) is 9.41. The number of amides is 1. The van der Waals surface area contributed by atoms with Gasteiger partial charge in [-0.15, -0.1) is 5.10 Å². The highest BCUT2D eigenvalue weighted by Crippen LogP contribution is 2.31. The lowest BCUT2D eigenvalue weighted by atomic mass is 10.1. The Labute approximate surface area is 166 Å². The van der Waals surface area contributed by atoms with E-state index in [0.29, 0.717) is 11.3 Å².